The molecule has 0 bridgehead atoms. The molecule has 5 rings (SSSR count). The lowest BCUT2D eigenvalue weighted by molar-refractivity contribution is -0.125. The number of nitrogens with zero attached hydrogens (tertiary/aromatic N) is 3. The van der Waals surface area contributed by atoms with E-state index in [-0.39, 0.29) is 17.7 Å². The van der Waals surface area contributed by atoms with Gasteiger partial charge in [-0.25, -0.2) is 4.98 Å². The van der Waals surface area contributed by atoms with Gasteiger partial charge in [0.1, 0.15) is 0 Å². The molecule has 0 aliphatic carbocycles. The summed E-state index contributed by atoms with van der Waals surface area (Å²) in [6.07, 6.45) is 5.87. The van der Waals surface area contributed by atoms with E-state index in [0.717, 1.165) is 29.7 Å². The lowest BCUT2D eigenvalue weighted by atomic mass is 9.98. The number of likely N-dealkylation sites (tertiary alicyclic amines) is 1. The summed E-state index contributed by atoms with van der Waals surface area (Å²) < 4.78 is 2.06. The summed E-state index contributed by atoms with van der Waals surface area (Å²) in [4.78, 5) is 30.9. The van der Waals surface area contributed by atoms with Crippen LogP contribution in [0.15, 0.2) is 85.8 Å². The number of nitrogens with one attached hydrogen (secondary N) is 1. The summed E-state index contributed by atoms with van der Waals surface area (Å²) in [5, 5.41) is 3.44. The van der Waals surface area contributed by atoms with Crippen LogP contribution < -0.4 is 5.32 Å². The molecular formula is C27H23ClN4O2. The summed E-state index contributed by atoms with van der Waals surface area (Å²) >= 11 is 6.01. The van der Waals surface area contributed by atoms with E-state index in [1.54, 1.807) is 36.8 Å². The van der Waals surface area contributed by atoms with Crippen molar-refractivity contribution in [2.24, 2.45) is 0 Å². The Bertz CT molecular complexity index is 1390. The van der Waals surface area contributed by atoms with Crippen molar-refractivity contribution in [3.05, 3.63) is 102 Å². The average Bonchev–Trinajstić information content (AvgIpc) is 3.49. The first kappa shape index (κ1) is 21.9. The highest BCUT2D eigenvalue weighted by Gasteiger charge is 2.28. The van der Waals surface area contributed by atoms with E-state index >= 15 is 0 Å². The fourth-order valence-electron chi connectivity index (χ4n) is 4.53. The molecule has 2 amide bonds. The Morgan fingerprint density at radius 1 is 1.12 bits per heavy atom. The number of carbonyl (C=O) groups excluding carboxylic acids is 2. The van der Waals surface area contributed by atoms with Crippen molar-refractivity contribution < 1.29 is 9.59 Å². The number of rotatable bonds is 5. The van der Waals surface area contributed by atoms with Gasteiger partial charge >= 0.3 is 0 Å². The second-order valence-electron chi connectivity index (χ2n) is 8.34. The van der Waals surface area contributed by atoms with Crippen LogP contribution in [0, 0.1) is 0 Å². The van der Waals surface area contributed by atoms with Gasteiger partial charge in [-0.15, -0.1) is 0 Å². The molecule has 7 heteroatoms. The maximum atomic E-state index is 12.7. The number of hydrogen-bond acceptors (Lipinski definition) is 3. The highest BCUT2D eigenvalue weighted by atomic mass is 35.5. The minimum absolute atomic E-state index is 0.0282. The first-order valence-electron chi connectivity index (χ1n) is 11.1. The molecule has 0 spiro atoms. The standard InChI is InChI=1S/C27H23ClN4O2/c1-2-26(33)31-13-11-20(16-31)23-15-25(32-17-29-12-10-24(23)32)18-6-8-19(9-7-18)27(34)30-22-5-3-4-21(28)14-22/h2-10,12,14-15,17,20H,1,11,13,16H2,(H,30,34). The lowest BCUT2D eigenvalue weighted by Crippen LogP contribution is -2.26. The SMILES string of the molecule is C=CC(=O)N1CCC(c2cc(-c3ccc(C(=O)Nc4cccc(Cl)c4)cc3)n3cnccc23)C1. The maximum absolute atomic E-state index is 12.7. The van der Waals surface area contributed by atoms with Gasteiger partial charge in [-0.05, 0) is 66.1 Å². The molecule has 1 N–H and O–H groups in total. The number of aromatic nitrogens is 2. The van der Waals surface area contributed by atoms with Crippen LogP contribution in [0.1, 0.15) is 28.3 Å². The van der Waals surface area contributed by atoms with Gasteiger partial charge in [0.2, 0.25) is 5.91 Å². The zero-order chi connectivity index (χ0) is 23.7. The molecule has 2 aromatic carbocycles. The Morgan fingerprint density at radius 2 is 1.94 bits per heavy atom. The Balaban J connectivity index is 1.42. The predicted octanol–water partition coefficient (Wildman–Crippen LogP) is 5.41. The van der Waals surface area contributed by atoms with Crippen LogP contribution in [0.4, 0.5) is 5.69 Å². The monoisotopic (exact) mass is 470 g/mol. The minimum atomic E-state index is -0.200. The molecule has 1 saturated heterocycles. The molecule has 1 unspecified atom stereocenters. The van der Waals surface area contributed by atoms with Gasteiger partial charge in [0.25, 0.3) is 5.91 Å². The van der Waals surface area contributed by atoms with Gasteiger partial charge in [-0.2, -0.15) is 0 Å². The molecule has 1 atom stereocenters. The number of fused-ring (bicyclic) bond motifs is 1. The minimum Gasteiger partial charge on any atom is -0.339 e. The van der Waals surface area contributed by atoms with Gasteiger partial charge in [0.15, 0.2) is 0 Å². The highest BCUT2D eigenvalue weighted by molar-refractivity contribution is 6.31. The predicted molar refractivity (Wildman–Crippen MR) is 134 cm³/mol. The van der Waals surface area contributed by atoms with E-state index in [1.165, 1.54) is 11.6 Å². The number of carbonyl (C=O) groups is 2. The normalized spacial score (nSPS) is 15.4. The van der Waals surface area contributed by atoms with Crippen LogP contribution in [-0.2, 0) is 4.79 Å². The molecule has 3 heterocycles. The van der Waals surface area contributed by atoms with Gasteiger partial charge in [0, 0.05) is 41.5 Å². The van der Waals surface area contributed by atoms with Crippen LogP contribution in [0.2, 0.25) is 5.02 Å². The van der Waals surface area contributed by atoms with Gasteiger partial charge < -0.3 is 14.6 Å². The molecule has 34 heavy (non-hydrogen) atoms. The fraction of sp³-hybridized carbons (Fsp3) is 0.148. The first-order chi connectivity index (χ1) is 16.5. The summed E-state index contributed by atoms with van der Waals surface area (Å²) in [6, 6.07) is 18.7. The Labute approximate surface area is 202 Å². The Hall–Kier alpha value is -3.90. The Kier molecular flexibility index (Phi) is 5.90. The van der Waals surface area contributed by atoms with Crippen molar-refractivity contribution in [3.63, 3.8) is 0 Å². The number of anilines is 1. The highest BCUT2D eigenvalue weighted by Crippen LogP contribution is 2.35. The largest absolute Gasteiger partial charge is 0.339 e. The van der Waals surface area contributed by atoms with Gasteiger partial charge in [-0.3, -0.25) is 9.59 Å². The molecule has 4 aromatic rings. The number of halogens is 1. The number of amides is 2. The molecule has 1 aliphatic heterocycles. The molecule has 170 valence electrons. The quantitative estimate of drug-likeness (QED) is 0.396. The third-order valence-corrected chi connectivity index (χ3v) is 6.48. The molecule has 2 aromatic heterocycles. The van der Waals surface area contributed by atoms with E-state index in [4.69, 9.17) is 11.6 Å². The smallest absolute Gasteiger partial charge is 0.255 e. The van der Waals surface area contributed by atoms with E-state index in [1.807, 2.05) is 35.2 Å². The molecule has 1 fully saturated rings. The lowest BCUT2D eigenvalue weighted by Gasteiger charge is -2.13. The second kappa shape index (κ2) is 9.15. The van der Waals surface area contributed by atoms with E-state index < -0.39 is 0 Å². The molecule has 1 aliphatic rings. The first-order valence-corrected chi connectivity index (χ1v) is 11.4. The number of hydrogen-bond donors (Lipinski definition) is 1. The van der Waals surface area contributed by atoms with E-state index in [0.29, 0.717) is 22.8 Å². The topological polar surface area (TPSA) is 66.7 Å². The van der Waals surface area contributed by atoms with Gasteiger partial charge in [-0.1, -0.05) is 36.4 Å². The van der Waals surface area contributed by atoms with E-state index in [2.05, 4.69) is 27.3 Å². The second-order valence-corrected chi connectivity index (χ2v) is 8.77. The number of benzene rings is 2. The third kappa shape index (κ3) is 4.20. The average molecular weight is 471 g/mol. The van der Waals surface area contributed by atoms with Gasteiger partial charge in [0.05, 0.1) is 17.5 Å². The third-order valence-electron chi connectivity index (χ3n) is 6.25. The summed E-state index contributed by atoms with van der Waals surface area (Å²) in [6.45, 7) is 5.01. The van der Waals surface area contributed by atoms with Crippen molar-refractivity contribution in [1.82, 2.24) is 14.3 Å². The van der Waals surface area contributed by atoms with Crippen LogP contribution in [0.5, 0.6) is 0 Å². The van der Waals surface area contributed by atoms with Crippen molar-refractivity contribution in [3.8, 4) is 11.3 Å². The molecular weight excluding hydrogens is 448 g/mol. The van der Waals surface area contributed by atoms with Crippen molar-refractivity contribution in [1.29, 1.82) is 0 Å². The van der Waals surface area contributed by atoms with Crippen molar-refractivity contribution >= 4 is 34.6 Å². The molecule has 0 radical (unpaired) electrons. The van der Waals surface area contributed by atoms with Crippen molar-refractivity contribution in [2.45, 2.75) is 12.3 Å². The summed E-state index contributed by atoms with van der Waals surface area (Å²) in [7, 11) is 0. The van der Waals surface area contributed by atoms with Crippen LogP contribution >= 0.6 is 11.6 Å². The summed E-state index contributed by atoms with van der Waals surface area (Å²) in [5.74, 6) is 0.0199. The van der Waals surface area contributed by atoms with E-state index in [9.17, 15) is 9.59 Å². The summed E-state index contributed by atoms with van der Waals surface area (Å²) in [5.41, 5.74) is 5.44. The van der Waals surface area contributed by atoms with Crippen LogP contribution in [0.25, 0.3) is 16.8 Å². The zero-order valence-corrected chi connectivity index (χ0v) is 19.2. The van der Waals surface area contributed by atoms with Crippen LogP contribution in [-0.4, -0.2) is 39.2 Å². The Morgan fingerprint density at radius 3 is 2.71 bits per heavy atom. The zero-order valence-electron chi connectivity index (χ0n) is 18.4. The van der Waals surface area contributed by atoms with Crippen LogP contribution in [0.3, 0.4) is 0 Å². The maximum Gasteiger partial charge on any atom is 0.255 e. The molecule has 6 nitrogen and oxygen atoms in total. The molecule has 0 saturated carbocycles. The fourth-order valence-corrected chi connectivity index (χ4v) is 4.72. The van der Waals surface area contributed by atoms with Crippen molar-refractivity contribution in [2.75, 3.05) is 18.4 Å².